The predicted molar refractivity (Wildman–Crippen MR) is 76.8 cm³/mol. The molecule has 2 amide bonds. The van der Waals surface area contributed by atoms with Crippen LogP contribution in [0.15, 0.2) is 0 Å². The SMILES string of the molecule is CC1(C(=O)O)CCCN(C(=O)N2CCCS(=O)(=O)CC2)C1. The molecule has 0 aromatic carbocycles. The van der Waals surface area contributed by atoms with E-state index < -0.39 is 21.2 Å². The number of hydrogen-bond acceptors (Lipinski definition) is 4. The standard InChI is InChI=1S/C13H22N2O5S/c1-13(11(16)17)4-2-5-15(10-13)12(18)14-6-3-8-21(19,20)9-7-14/h2-10H2,1H3,(H,16,17). The van der Waals surface area contributed by atoms with E-state index in [9.17, 15) is 23.1 Å². The van der Waals surface area contributed by atoms with Gasteiger partial charge in [0.25, 0.3) is 0 Å². The van der Waals surface area contributed by atoms with Crippen LogP contribution in [0.3, 0.4) is 0 Å². The first-order chi connectivity index (χ1) is 9.73. The smallest absolute Gasteiger partial charge is 0.320 e. The predicted octanol–water partition coefficient (Wildman–Crippen LogP) is 0.414. The minimum absolute atomic E-state index is 0.0111. The number of carboxylic acid groups (broad SMARTS) is 1. The van der Waals surface area contributed by atoms with Gasteiger partial charge in [0.2, 0.25) is 0 Å². The first-order valence-corrected chi connectivity index (χ1v) is 9.03. The number of piperidine rings is 1. The summed E-state index contributed by atoms with van der Waals surface area (Å²) in [6.45, 7) is 2.98. The molecule has 2 heterocycles. The van der Waals surface area contributed by atoms with Crippen molar-refractivity contribution in [1.82, 2.24) is 9.80 Å². The van der Waals surface area contributed by atoms with Gasteiger partial charge in [0.15, 0.2) is 9.84 Å². The Morgan fingerprint density at radius 2 is 1.71 bits per heavy atom. The van der Waals surface area contributed by atoms with E-state index in [1.54, 1.807) is 11.8 Å². The molecular formula is C13H22N2O5S. The highest BCUT2D eigenvalue weighted by atomic mass is 32.2. The minimum atomic E-state index is -3.06. The van der Waals surface area contributed by atoms with Gasteiger partial charge in [-0.15, -0.1) is 0 Å². The lowest BCUT2D eigenvalue weighted by Crippen LogP contribution is -2.53. The molecule has 7 nitrogen and oxygen atoms in total. The van der Waals surface area contributed by atoms with Gasteiger partial charge < -0.3 is 14.9 Å². The summed E-state index contributed by atoms with van der Waals surface area (Å²) in [7, 11) is -3.06. The fraction of sp³-hybridized carbons (Fsp3) is 0.846. The Morgan fingerprint density at radius 1 is 1.05 bits per heavy atom. The molecule has 0 aromatic heterocycles. The molecule has 21 heavy (non-hydrogen) atoms. The Hall–Kier alpha value is -1.31. The molecule has 2 rings (SSSR count). The highest BCUT2D eigenvalue weighted by Crippen LogP contribution is 2.30. The van der Waals surface area contributed by atoms with Crippen molar-refractivity contribution in [3.63, 3.8) is 0 Å². The van der Waals surface area contributed by atoms with Crippen LogP contribution in [0.1, 0.15) is 26.2 Å². The molecule has 0 saturated carbocycles. The normalized spacial score (nSPS) is 29.8. The summed E-state index contributed by atoms with van der Waals surface area (Å²) >= 11 is 0. The highest BCUT2D eigenvalue weighted by molar-refractivity contribution is 7.91. The highest BCUT2D eigenvalue weighted by Gasteiger charge is 2.40. The van der Waals surface area contributed by atoms with Gasteiger partial charge in [-0.05, 0) is 26.2 Å². The van der Waals surface area contributed by atoms with Gasteiger partial charge >= 0.3 is 12.0 Å². The van der Waals surface area contributed by atoms with Crippen LogP contribution in [0.4, 0.5) is 4.79 Å². The average Bonchev–Trinajstić information content (AvgIpc) is 2.59. The maximum atomic E-state index is 12.5. The van der Waals surface area contributed by atoms with Crippen molar-refractivity contribution in [3.8, 4) is 0 Å². The Labute approximate surface area is 124 Å². The number of nitrogens with zero attached hydrogens (tertiary/aromatic N) is 2. The van der Waals surface area contributed by atoms with Gasteiger partial charge in [-0.2, -0.15) is 0 Å². The lowest BCUT2D eigenvalue weighted by Gasteiger charge is -2.39. The molecule has 1 atom stereocenters. The summed E-state index contributed by atoms with van der Waals surface area (Å²) in [4.78, 5) is 26.9. The van der Waals surface area contributed by atoms with Gasteiger partial charge in [-0.1, -0.05) is 0 Å². The zero-order chi connectivity index (χ0) is 15.7. The van der Waals surface area contributed by atoms with Crippen LogP contribution < -0.4 is 0 Å². The molecule has 0 aliphatic carbocycles. The minimum Gasteiger partial charge on any atom is -0.481 e. The van der Waals surface area contributed by atoms with Crippen LogP contribution in [0.25, 0.3) is 0 Å². The quantitative estimate of drug-likeness (QED) is 0.756. The molecule has 1 unspecified atom stereocenters. The van der Waals surface area contributed by atoms with Crippen molar-refractivity contribution in [2.24, 2.45) is 5.41 Å². The molecule has 2 aliphatic heterocycles. The summed E-state index contributed by atoms with van der Waals surface area (Å²) < 4.78 is 23.2. The number of hydrogen-bond donors (Lipinski definition) is 1. The Bertz CT molecular complexity index is 533. The van der Waals surface area contributed by atoms with Gasteiger partial charge in [0.1, 0.15) is 0 Å². The second-order valence-electron chi connectivity index (χ2n) is 6.17. The number of carbonyl (C=O) groups excluding carboxylic acids is 1. The molecule has 8 heteroatoms. The van der Waals surface area contributed by atoms with Crippen molar-refractivity contribution in [3.05, 3.63) is 0 Å². The van der Waals surface area contributed by atoms with Crippen molar-refractivity contribution in [2.45, 2.75) is 26.2 Å². The van der Waals surface area contributed by atoms with E-state index in [1.807, 2.05) is 0 Å². The van der Waals surface area contributed by atoms with Crippen LogP contribution in [0.2, 0.25) is 0 Å². The topological polar surface area (TPSA) is 95.0 Å². The van der Waals surface area contributed by atoms with Crippen LogP contribution >= 0.6 is 0 Å². The number of rotatable bonds is 1. The largest absolute Gasteiger partial charge is 0.481 e. The fourth-order valence-corrected chi connectivity index (χ4v) is 4.18. The van der Waals surface area contributed by atoms with E-state index in [0.29, 0.717) is 32.4 Å². The van der Waals surface area contributed by atoms with Crippen molar-refractivity contribution < 1.29 is 23.1 Å². The molecule has 2 fully saturated rings. The fourth-order valence-electron chi connectivity index (χ4n) is 2.91. The van der Waals surface area contributed by atoms with Gasteiger partial charge in [0, 0.05) is 26.2 Å². The number of amides is 2. The van der Waals surface area contributed by atoms with Crippen molar-refractivity contribution >= 4 is 21.8 Å². The molecule has 0 spiro atoms. The number of sulfone groups is 1. The zero-order valence-electron chi connectivity index (χ0n) is 12.2. The number of urea groups is 1. The zero-order valence-corrected chi connectivity index (χ0v) is 13.1. The molecule has 1 N–H and O–H groups in total. The third-order valence-electron chi connectivity index (χ3n) is 4.31. The molecular weight excluding hydrogens is 296 g/mol. The maximum absolute atomic E-state index is 12.5. The van der Waals surface area contributed by atoms with Gasteiger partial charge in [-0.25, -0.2) is 13.2 Å². The monoisotopic (exact) mass is 318 g/mol. The second-order valence-corrected chi connectivity index (χ2v) is 8.47. The van der Waals surface area contributed by atoms with Crippen LogP contribution in [-0.2, 0) is 14.6 Å². The Morgan fingerprint density at radius 3 is 2.38 bits per heavy atom. The molecule has 120 valence electrons. The van der Waals surface area contributed by atoms with E-state index in [4.69, 9.17) is 0 Å². The summed E-state index contributed by atoms with van der Waals surface area (Å²) in [5, 5.41) is 9.29. The lowest BCUT2D eigenvalue weighted by molar-refractivity contribution is -0.150. The van der Waals surface area contributed by atoms with Crippen LogP contribution in [0.5, 0.6) is 0 Å². The van der Waals surface area contributed by atoms with E-state index in [-0.39, 0.29) is 30.6 Å². The van der Waals surface area contributed by atoms with E-state index in [0.717, 1.165) is 0 Å². The van der Waals surface area contributed by atoms with Crippen molar-refractivity contribution in [1.29, 1.82) is 0 Å². The van der Waals surface area contributed by atoms with Gasteiger partial charge in [-0.3, -0.25) is 4.79 Å². The number of carboxylic acids is 1. The van der Waals surface area contributed by atoms with Gasteiger partial charge in [0.05, 0.1) is 16.9 Å². The average molecular weight is 318 g/mol. The third kappa shape index (κ3) is 3.66. The molecule has 0 bridgehead atoms. The van der Waals surface area contributed by atoms with Crippen LogP contribution in [0, 0.1) is 5.41 Å². The summed E-state index contributed by atoms with van der Waals surface area (Å²) in [6.07, 6.45) is 1.65. The Balaban J connectivity index is 2.04. The van der Waals surface area contributed by atoms with E-state index >= 15 is 0 Å². The summed E-state index contributed by atoms with van der Waals surface area (Å²) in [5.74, 6) is -0.787. The van der Waals surface area contributed by atoms with E-state index in [2.05, 4.69) is 0 Å². The molecule has 2 saturated heterocycles. The number of aliphatic carboxylic acids is 1. The molecule has 2 aliphatic rings. The van der Waals surface area contributed by atoms with Crippen LogP contribution in [-0.4, -0.2) is 73.0 Å². The lowest BCUT2D eigenvalue weighted by atomic mass is 9.82. The maximum Gasteiger partial charge on any atom is 0.320 e. The Kier molecular flexibility index (Phi) is 4.46. The third-order valence-corrected chi connectivity index (χ3v) is 6.02. The van der Waals surface area contributed by atoms with E-state index in [1.165, 1.54) is 4.90 Å². The molecule has 0 aromatic rings. The molecule has 0 radical (unpaired) electrons. The number of likely N-dealkylation sites (tertiary alicyclic amines) is 1. The first kappa shape index (κ1) is 16.1. The number of carbonyl (C=O) groups is 2. The second kappa shape index (κ2) is 5.82. The summed E-state index contributed by atoms with van der Waals surface area (Å²) in [6, 6.07) is -0.237. The summed E-state index contributed by atoms with van der Waals surface area (Å²) in [5.41, 5.74) is -0.911. The first-order valence-electron chi connectivity index (χ1n) is 7.21. The van der Waals surface area contributed by atoms with Crippen molar-refractivity contribution in [2.75, 3.05) is 37.7 Å².